The zero-order valence-electron chi connectivity index (χ0n) is 15.7. The van der Waals surface area contributed by atoms with Crippen molar-refractivity contribution in [1.82, 2.24) is 0 Å². The number of amides is 1. The molecule has 3 aromatic carbocycles. The van der Waals surface area contributed by atoms with Crippen molar-refractivity contribution in [1.29, 1.82) is 0 Å². The average Bonchev–Trinajstić information content (AvgIpc) is 3.00. The maximum Gasteiger partial charge on any atom is 0.300 e. The number of nitrogens with zero attached hydrogens (tertiary/aromatic N) is 1. The Morgan fingerprint density at radius 1 is 0.897 bits per heavy atom. The van der Waals surface area contributed by atoms with Crippen LogP contribution in [0, 0.1) is 6.92 Å². The van der Waals surface area contributed by atoms with Gasteiger partial charge in [0.15, 0.2) is 0 Å². The molecule has 1 unspecified atom stereocenters. The lowest BCUT2D eigenvalue weighted by Gasteiger charge is -2.25. The fourth-order valence-corrected chi connectivity index (χ4v) is 3.64. The molecule has 4 nitrogen and oxygen atoms in total. The molecule has 0 saturated carbocycles. The van der Waals surface area contributed by atoms with E-state index in [0.717, 1.165) is 11.1 Å². The quantitative estimate of drug-likeness (QED) is 0.368. The highest BCUT2D eigenvalue weighted by Crippen LogP contribution is 2.42. The lowest BCUT2D eigenvalue weighted by Crippen LogP contribution is -2.29. The summed E-state index contributed by atoms with van der Waals surface area (Å²) in [5.41, 5.74) is 2.87. The van der Waals surface area contributed by atoms with Gasteiger partial charge in [0.2, 0.25) is 0 Å². The van der Waals surface area contributed by atoms with Gasteiger partial charge in [-0.05, 0) is 48.9 Å². The molecule has 4 rings (SSSR count). The van der Waals surface area contributed by atoms with Gasteiger partial charge in [0.1, 0.15) is 5.76 Å². The summed E-state index contributed by atoms with van der Waals surface area (Å²) in [7, 11) is 0. The molecule has 1 atom stereocenters. The van der Waals surface area contributed by atoms with E-state index in [0.29, 0.717) is 16.3 Å². The third-order valence-corrected chi connectivity index (χ3v) is 5.24. The predicted molar refractivity (Wildman–Crippen MR) is 114 cm³/mol. The third-order valence-electron chi connectivity index (χ3n) is 4.99. The molecular weight excluding hydrogens is 386 g/mol. The number of hydrogen-bond donors (Lipinski definition) is 1. The first-order valence-corrected chi connectivity index (χ1v) is 9.53. The molecule has 29 heavy (non-hydrogen) atoms. The van der Waals surface area contributed by atoms with Gasteiger partial charge in [-0.1, -0.05) is 59.6 Å². The van der Waals surface area contributed by atoms with Gasteiger partial charge in [0.25, 0.3) is 11.7 Å². The summed E-state index contributed by atoms with van der Waals surface area (Å²) >= 11 is 5.94. The van der Waals surface area contributed by atoms with Gasteiger partial charge in [0, 0.05) is 16.3 Å². The Bertz CT molecular complexity index is 1100. The monoisotopic (exact) mass is 403 g/mol. The number of aliphatic hydroxyl groups is 1. The Hall–Kier alpha value is -3.37. The van der Waals surface area contributed by atoms with Crippen molar-refractivity contribution < 1.29 is 14.7 Å². The topological polar surface area (TPSA) is 57.6 Å². The first kappa shape index (κ1) is 19.0. The number of halogens is 1. The zero-order chi connectivity index (χ0) is 20.5. The minimum atomic E-state index is -0.727. The van der Waals surface area contributed by atoms with Crippen LogP contribution in [0.4, 0.5) is 5.69 Å². The van der Waals surface area contributed by atoms with Gasteiger partial charge in [0.05, 0.1) is 11.6 Å². The second-order valence-electron chi connectivity index (χ2n) is 6.92. The minimum absolute atomic E-state index is 0.0593. The Kier molecular flexibility index (Phi) is 4.95. The highest BCUT2D eigenvalue weighted by Gasteiger charge is 2.46. The lowest BCUT2D eigenvalue weighted by atomic mass is 9.95. The van der Waals surface area contributed by atoms with E-state index in [-0.39, 0.29) is 11.3 Å². The van der Waals surface area contributed by atoms with Gasteiger partial charge >= 0.3 is 0 Å². The molecule has 3 aromatic rings. The normalized spacial score (nSPS) is 18.3. The Morgan fingerprint density at radius 2 is 1.52 bits per heavy atom. The summed E-state index contributed by atoms with van der Waals surface area (Å²) in [5, 5.41) is 11.5. The van der Waals surface area contributed by atoms with E-state index in [1.165, 1.54) is 4.90 Å². The second-order valence-corrected chi connectivity index (χ2v) is 7.36. The molecule has 144 valence electrons. The predicted octanol–water partition coefficient (Wildman–Crippen LogP) is 5.27. The van der Waals surface area contributed by atoms with Crippen molar-refractivity contribution in [3.8, 4) is 0 Å². The third kappa shape index (κ3) is 3.43. The van der Waals surface area contributed by atoms with Crippen LogP contribution in [0.2, 0.25) is 5.02 Å². The fraction of sp³-hybridized carbons (Fsp3) is 0.0833. The average molecular weight is 404 g/mol. The van der Waals surface area contributed by atoms with Crippen molar-refractivity contribution in [2.45, 2.75) is 13.0 Å². The fourth-order valence-electron chi connectivity index (χ4n) is 3.52. The van der Waals surface area contributed by atoms with Crippen molar-refractivity contribution >= 4 is 34.7 Å². The number of ketones is 1. The molecule has 5 heteroatoms. The molecule has 1 fully saturated rings. The molecule has 1 amide bonds. The first-order valence-electron chi connectivity index (χ1n) is 9.16. The maximum atomic E-state index is 13.0. The number of aryl methyl sites for hydroxylation is 1. The van der Waals surface area contributed by atoms with E-state index < -0.39 is 17.7 Å². The van der Waals surface area contributed by atoms with Gasteiger partial charge in [-0.25, -0.2) is 0 Å². The van der Waals surface area contributed by atoms with Crippen LogP contribution in [-0.2, 0) is 9.59 Å². The van der Waals surface area contributed by atoms with Crippen LogP contribution in [0.3, 0.4) is 0 Å². The minimum Gasteiger partial charge on any atom is -0.507 e. The Balaban J connectivity index is 1.93. The SMILES string of the molecule is Cc1ccc(N2C(=O)C(=O)/C(=C(\O)c3ccc(Cl)cc3)C2c2ccccc2)cc1. The second kappa shape index (κ2) is 7.57. The lowest BCUT2D eigenvalue weighted by molar-refractivity contribution is -0.132. The molecule has 1 aliphatic heterocycles. The van der Waals surface area contributed by atoms with Crippen molar-refractivity contribution in [2.75, 3.05) is 4.90 Å². The molecule has 1 N–H and O–H groups in total. The number of hydrogen-bond acceptors (Lipinski definition) is 3. The van der Waals surface area contributed by atoms with Gasteiger partial charge in [-0.15, -0.1) is 0 Å². The van der Waals surface area contributed by atoms with Crippen molar-refractivity contribution in [3.63, 3.8) is 0 Å². The standard InChI is InChI=1S/C24H18ClNO3/c1-15-7-13-19(14-8-15)26-21(16-5-3-2-4-6-16)20(23(28)24(26)29)22(27)17-9-11-18(25)12-10-17/h2-14,21,27H,1H3/b22-20-. The molecule has 0 radical (unpaired) electrons. The molecule has 0 aliphatic carbocycles. The molecule has 0 aromatic heterocycles. The number of rotatable bonds is 3. The van der Waals surface area contributed by atoms with Crippen LogP contribution < -0.4 is 4.90 Å². The van der Waals surface area contributed by atoms with Gasteiger partial charge in [-0.3, -0.25) is 14.5 Å². The van der Waals surface area contributed by atoms with Crippen molar-refractivity contribution in [3.05, 3.63) is 106 Å². The summed E-state index contributed by atoms with van der Waals surface area (Å²) in [6, 6.07) is 22.4. The Labute approximate surface area is 173 Å². The molecule has 1 saturated heterocycles. The van der Waals surface area contributed by atoms with Gasteiger partial charge in [-0.2, -0.15) is 0 Å². The van der Waals surface area contributed by atoms with Crippen LogP contribution in [0.5, 0.6) is 0 Å². The smallest absolute Gasteiger partial charge is 0.300 e. The van der Waals surface area contributed by atoms with Crippen molar-refractivity contribution in [2.24, 2.45) is 0 Å². The van der Waals surface area contributed by atoms with Gasteiger partial charge < -0.3 is 5.11 Å². The Morgan fingerprint density at radius 3 is 2.14 bits per heavy atom. The zero-order valence-corrected chi connectivity index (χ0v) is 16.4. The number of carbonyl (C=O) groups excluding carboxylic acids is 2. The summed E-state index contributed by atoms with van der Waals surface area (Å²) in [6.45, 7) is 1.95. The largest absolute Gasteiger partial charge is 0.507 e. The number of Topliss-reactive ketones (excluding diaryl/α,β-unsaturated/α-hetero) is 1. The number of anilines is 1. The van der Waals surface area contributed by atoms with E-state index in [9.17, 15) is 14.7 Å². The number of carbonyl (C=O) groups is 2. The van der Waals surface area contributed by atoms with Crippen LogP contribution in [0.15, 0.2) is 84.4 Å². The highest BCUT2D eigenvalue weighted by molar-refractivity contribution is 6.51. The van der Waals surface area contributed by atoms with E-state index in [4.69, 9.17) is 11.6 Å². The molecule has 0 spiro atoms. The molecule has 1 aliphatic rings. The van der Waals surface area contributed by atoms with Crippen LogP contribution in [-0.4, -0.2) is 16.8 Å². The molecular formula is C24H18ClNO3. The summed E-state index contributed by atoms with van der Waals surface area (Å²) in [6.07, 6.45) is 0. The van der Waals surface area contributed by atoms with Crippen LogP contribution in [0.1, 0.15) is 22.7 Å². The molecule has 1 heterocycles. The van der Waals surface area contributed by atoms with Crippen LogP contribution in [0.25, 0.3) is 5.76 Å². The summed E-state index contributed by atoms with van der Waals surface area (Å²) in [4.78, 5) is 27.4. The highest BCUT2D eigenvalue weighted by atomic mass is 35.5. The van der Waals surface area contributed by atoms with E-state index >= 15 is 0 Å². The van der Waals surface area contributed by atoms with E-state index in [1.807, 2.05) is 49.4 Å². The van der Waals surface area contributed by atoms with E-state index in [2.05, 4.69) is 0 Å². The summed E-state index contributed by atoms with van der Waals surface area (Å²) in [5.74, 6) is -1.60. The molecule has 0 bridgehead atoms. The van der Waals surface area contributed by atoms with E-state index in [1.54, 1.807) is 36.4 Å². The first-order chi connectivity index (χ1) is 14.0. The maximum absolute atomic E-state index is 13.0. The number of benzene rings is 3. The number of aliphatic hydroxyl groups excluding tert-OH is 1. The van der Waals surface area contributed by atoms with Crippen LogP contribution >= 0.6 is 11.6 Å². The summed E-state index contributed by atoms with van der Waals surface area (Å²) < 4.78 is 0.